The molecule has 0 aromatic heterocycles. The number of hydrogen-bond acceptors (Lipinski definition) is 4. The van der Waals surface area contributed by atoms with E-state index >= 15 is 0 Å². The van der Waals surface area contributed by atoms with Gasteiger partial charge in [0, 0.05) is 6.04 Å². The maximum absolute atomic E-state index is 13.2. The van der Waals surface area contributed by atoms with Crippen LogP contribution in [0, 0.1) is 5.92 Å². The van der Waals surface area contributed by atoms with Gasteiger partial charge in [0.1, 0.15) is 12.3 Å². The summed E-state index contributed by atoms with van der Waals surface area (Å²) in [5.41, 5.74) is 0.280. The molecule has 0 aliphatic heterocycles. The third kappa shape index (κ3) is 5.17. The molecule has 2 aromatic rings. The first kappa shape index (κ1) is 22.0. The van der Waals surface area contributed by atoms with Gasteiger partial charge in [0.15, 0.2) is 0 Å². The van der Waals surface area contributed by atoms with Crippen LogP contribution in [-0.4, -0.2) is 34.0 Å². The monoisotopic (exact) mass is 424 g/mol. The second-order valence-corrected chi connectivity index (χ2v) is 9.01. The van der Waals surface area contributed by atoms with Gasteiger partial charge in [0.05, 0.1) is 22.7 Å². The quantitative estimate of drug-likeness (QED) is 0.700. The van der Waals surface area contributed by atoms with Crippen LogP contribution in [0.2, 0.25) is 5.02 Å². The standard InChI is InChI=1S/C20H25ClN2O4S/c1-14(2)15(3)22-20(24)13-23(16-10-11-19(27-4)18(21)12-16)28(25,26)17-8-6-5-7-9-17/h5-12,14-15H,13H2,1-4H3,(H,22,24). The van der Waals surface area contributed by atoms with Crippen LogP contribution in [0.3, 0.4) is 0 Å². The first-order chi connectivity index (χ1) is 13.2. The number of methoxy groups -OCH3 is 1. The van der Waals surface area contributed by atoms with Gasteiger partial charge in [-0.15, -0.1) is 0 Å². The molecule has 0 fully saturated rings. The van der Waals surface area contributed by atoms with Crippen molar-refractivity contribution in [3.8, 4) is 5.75 Å². The Hall–Kier alpha value is -2.25. The van der Waals surface area contributed by atoms with Crippen LogP contribution >= 0.6 is 11.6 Å². The minimum atomic E-state index is -3.97. The second-order valence-electron chi connectivity index (χ2n) is 6.74. The van der Waals surface area contributed by atoms with Crippen molar-refractivity contribution in [3.05, 3.63) is 53.6 Å². The molecule has 0 saturated carbocycles. The SMILES string of the molecule is COc1ccc(N(CC(=O)NC(C)C(C)C)S(=O)(=O)c2ccccc2)cc1Cl. The number of rotatable bonds is 8. The van der Waals surface area contributed by atoms with Gasteiger partial charge in [-0.25, -0.2) is 8.42 Å². The molecule has 28 heavy (non-hydrogen) atoms. The molecule has 0 aliphatic carbocycles. The number of carbonyl (C=O) groups is 1. The average Bonchev–Trinajstić information content (AvgIpc) is 2.66. The second kappa shape index (κ2) is 9.30. The zero-order chi connectivity index (χ0) is 20.9. The fourth-order valence-corrected chi connectivity index (χ4v) is 4.13. The molecule has 0 spiro atoms. The highest BCUT2D eigenvalue weighted by molar-refractivity contribution is 7.92. The van der Waals surface area contributed by atoms with Crippen molar-refractivity contribution >= 4 is 33.2 Å². The minimum Gasteiger partial charge on any atom is -0.495 e. The van der Waals surface area contributed by atoms with Crippen LogP contribution < -0.4 is 14.4 Å². The molecule has 2 aromatic carbocycles. The first-order valence-electron chi connectivity index (χ1n) is 8.87. The van der Waals surface area contributed by atoms with Gasteiger partial charge in [-0.2, -0.15) is 0 Å². The van der Waals surface area contributed by atoms with Crippen molar-refractivity contribution in [2.75, 3.05) is 18.0 Å². The molecule has 8 heteroatoms. The van der Waals surface area contributed by atoms with E-state index in [2.05, 4.69) is 5.32 Å². The normalized spacial score (nSPS) is 12.5. The predicted octanol–water partition coefficient (Wildman–Crippen LogP) is 3.70. The number of amides is 1. The molecule has 0 heterocycles. The van der Waals surface area contributed by atoms with E-state index in [-0.39, 0.29) is 34.1 Å². The Kier molecular flexibility index (Phi) is 7.32. The summed E-state index contributed by atoms with van der Waals surface area (Å²) in [4.78, 5) is 12.6. The van der Waals surface area contributed by atoms with Crippen molar-refractivity contribution in [3.63, 3.8) is 0 Å². The number of sulfonamides is 1. The van der Waals surface area contributed by atoms with Crippen molar-refractivity contribution in [2.45, 2.75) is 31.7 Å². The number of carbonyl (C=O) groups excluding carboxylic acids is 1. The lowest BCUT2D eigenvalue weighted by Crippen LogP contribution is -2.45. The third-order valence-electron chi connectivity index (χ3n) is 4.43. The van der Waals surface area contributed by atoms with Gasteiger partial charge in [-0.1, -0.05) is 43.6 Å². The third-order valence-corrected chi connectivity index (χ3v) is 6.51. The van der Waals surface area contributed by atoms with Gasteiger partial charge in [0.2, 0.25) is 5.91 Å². The molecule has 1 atom stereocenters. The number of anilines is 1. The summed E-state index contributed by atoms with van der Waals surface area (Å²) in [5.74, 6) is 0.242. The van der Waals surface area contributed by atoms with E-state index in [1.165, 1.54) is 25.3 Å². The van der Waals surface area contributed by atoms with Crippen LogP contribution in [0.1, 0.15) is 20.8 Å². The summed E-state index contributed by atoms with van der Waals surface area (Å²) in [5, 5.41) is 3.09. The van der Waals surface area contributed by atoms with E-state index in [1.807, 2.05) is 20.8 Å². The first-order valence-corrected chi connectivity index (χ1v) is 10.7. The summed E-state index contributed by atoms with van der Waals surface area (Å²) in [7, 11) is -2.50. The lowest BCUT2D eigenvalue weighted by molar-refractivity contribution is -0.120. The Morgan fingerprint density at radius 2 is 1.79 bits per heavy atom. The molecular formula is C20H25ClN2O4S. The van der Waals surface area contributed by atoms with Gasteiger partial charge < -0.3 is 10.1 Å². The fraction of sp³-hybridized carbons (Fsp3) is 0.350. The highest BCUT2D eigenvalue weighted by Crippen LogP contribution is 2.31. The van der Waals surface area contributed by atoms with Crippen molar-refractivity contribution in [2.24, 2.45) is 5.92 Å². The van der Waals surface area contributed by atoms with Crippen molar-refractivity contribution < 1.29 is 17.9 Å². The molecule has 2 rings (SSSR count). The summed E-state index contributed by atoms with van der Waals surface area (Å²) >= 11 is 6.19. The Morgan fingerprint density at radius 3 is 2.32 bits per heavy atom. The van der Waals surface area contributed by atoms with E-state index < -0.39 is 15.9 Å². The zero-order valence-corrected chi connectivity index (χ0v) is 17.9. The van der Waals surface area contributed by atoms with E-state index in [0.29, 0.717) is 5.75 Å². The largest absolute Gasteiger partial charge is 0.495 e. The summed E-state index contributed by atoms with van der Waals surface area (Å²) in [6.45, 7) is 5.47. The molecule has 1 N–H and O–H groups in total. The highest BCUT2D eigenvalue weighted by atomic mass is 35.5. The average molecular weight is 425 g/mol. The van der Waals surface area contributed by atoms with Crippen molar-refractivity contribution in [1.82, 2.24) is 5.32 Å². The van der Waals surface area contributed by atoms with E-state index in [9.17, 15) is 13.2 Å². The van der Waals surface area contributed by atoms with Crippen LogP contribution in [0.15, 0.2) is 53.4 Å². The van der Waals surface area contributed by atoms with E-state index in [1.54, 1.807) is 30.3 Å². The molecule has 0 aliphatic rings. The number of nitrogens with one attached hydrogen (secondary N) is 1. The van der Waals surface area contributed by atoms with Gasteiger partial charge in [-0.3, -0.25) is 9.10 Å². The Labute approximate surface area is 171 Å². The zero-order valence-electron chi connectivity index (χ0n) is 16.3. The minimum absolute atomic E-state index is 0.0895. The topological polar surface area (TPSA) is 75.7 Å². The molecular weight excluding hydrogens is 400 g/mol. The van der Waals surface area contributed by atoms with Gasteiger partial charge in [-0.05, 0) is 43.2 Å². The van der Waals surface area contributed by atoms with Crippen molar-refractivity contribution in [1.29, 1.82) is 0 Å². The lowest BCUT2D eigenvalue weighted by Gasteiger charge is -2.26. The lowest BCUT2D eigenvalue weighted by atomic mass is 10.1. The number of halogens is 1. The van der Waals surface area contributed by atoms with E-state index in [0.717, 1.165) is 4.31 Å². The maximum atomic E-state index is 13.2. The molecule has 1 unspecified atom stereocenters. The van der Waals surface area contributed by atoms with Crippen LogP contribution in [-0.2, 0) is 14.8 Å². The molecule has 0 radical (unpaired) electrons. The molecule has 6 nitrogen and oxygen atoms in total. The van der Waals surface area contributed by atoms with Gasteiger partial charge in [0.25, 0.3) is 10.0 Å². The number of nitrogens with zero attached hydrogens (tertiary/aromatic N) is 1. The molecule has 0 bridgehead atoms. The highest BCUT2D eigenvalue weighted by Gasteiger charge is 2.28. The number of hydrogen-bond donors (Lipinski definition) is 1. The summed E-state index contributed by atoms with van der Waals surface area (Å²) in [6.07, 6.45) is 0. The summed E-state index contributed by atoms with van der Waals surface area (Å²) in [6, 6.07) is 12.5. The molecule has 1 amide bonds. The van der Waals surface area contributed by atoms with E-state index in [4.69, 9.17) is 16.3 Å². The Bertz CT molecular complexity index is 917. The molecule has 0 saturated heterocycles. The molecule has 152 valence electrons. The predicted molar refractivity (Wildman–Crippen MR) is 111 cm³/mol. The van der Waals surface area contributed by atoms with Crippen LogP contribution in [0.25, 0.3) is 0 Å². The maximum Gasteiger partial charge on any atom is 0.264 e. The Morgan fingerprint density at radius 1 is 1.14 bits per heavy atom. The van der Waals surface area contributed by atoms with Crippen LogP contribution in [0.5, 0.6) is 5.75 Å². The van der Waals surface area contributed by atoms with Crippen LogP contribution in [0.4, 0.5) is 5.69 Å². The fourth-order valence-electron chi connectivity index (χ4n) is 2.44. The summed E-state index contributed by atoms with van der Waals surface area (Å²) < 4.78 is 32.6. The number of ether oxygens (including phenoxy) is 1. The number of benzene rings is 2. The van der Waals surface area contributed by atoms with Gasteiger partial charge >= 0.3 is 0 Å². The Balaban J connectivity index is 2.44. The smallest absolute Gasteiger partial charge is 0.264 e.